The highest BCUT2D eigenvalue weighted by molar-refractivity contribution is 6.30. The average Bonchev–Trinajstić information content (AvgIpc) is 3.12. The minimum Gasteiger partial charge on any atom is -0.368 e. The Morgan fingerprint density at radius 2 is 2.00 bits per heavy atom. The first-order valence-electron chi connectivity index (χ1n) is 8.97. The predicted molar refractivity (Wildman–Crippen MR) is 110 cm³/mol. The normalized spacial score (nSPS) is 16.5. The number of pyridine rings is 1. The number of halogens is 1. The second-order valence-corrected chi connectivity index (χ2v) is 7.22. The van der Waals surface area contributed by atoms with Crippen molar-refractivity contribution >= 4 is 34.0 Å². The Labute approximate surface area is 163 Å². The molecule has 1 aromatic heterocycles. The smallest absolute Gasteiger partial charge is 0.147 e. The number of nitrogens with zero attached hydrogens (tertiary/aromatic N) is 3. The molecule has 0 saturated carbocycles. The molecule has 0 amide bonds. The van der Waals surface area contributed by atoms with Gasteiger partial charge in [-0.15, -0.1) is 0 Å². The molecule has 0 aliphatic carbocycles. The number of fused-ring (bicyclic) bond motifs is 1. The Hall–Kier alpha value is -2.81. The van der Waals surface area contributed by atoms with Crippen LogP contribution in [0.2, 0.25) is 5.02 Å². The van der Waals surface area contributed by atoms with Crippen LogP contribution in [-0.2, 0) is 6.54 Å². The van der Waals surface area contributed by atoms with E-state index in [-0.39, 0.29) is 6.04 Å². The number of anilines is 2. The molecule has 2 heterocycles. The Bertz CT molecular complexity index is 1010. The van der Waals surface area contributed by atoms with Gasteiger partial charge in [-0.1, -0.05) is 41.9 Å². The van der Waals surface area contributed by atoms with Crippen molar-refractivity contribution in [1.82, 2.24) is 4.98 Å². The van der Waals surface area contributed by atoms with Gasteiger partial charge in [-0.05, 0) is 30.2 Å². The fourth-order valence-corrected chi connectivity index (χ4v) is 3.66. The number of nitrogens with two attached hydrogens (primary N) is 1. The van der Waals surface area contributed by atoms with Crippen molar-refractivity contribution in [2.24, 2.45) is 5.73 Å². The largest absolute Gasteiger partial charge is 0.368 e. The van der Waals surface area contributed by atoms with E-state index in [1.165, 1.54) is 0 Å². The van der Waals surface area contributed by atoms with Crippen LogP contribution >= 0.6 is 11.6 Å². The lowest BCUT2D eigenvalue weighted by Gasteiger charge is -2.23. The molecule has 136 valence electrons. The number of nitriles is 1. The quantitative estimate of drug-likeness (QED) is 0.720. The topological polar surface area (TPSA) is 78.0 Å². The molecule has 0 radical (unpaired) electrons. The van der Waals surface area contributed by atoms with E-state index < -0.39 is 0 Å². The van der Waals surface area contributed by atoms with Crippen molar-refractivity contribution < 1.29 is 0 Å². The van der Waals surface area contributed by atoms with Gasteiger partial charge in [0.25, 0.3) is 0 Å². The number of nitrogens with one attached hydrogen (secondary N) is 1. The van der Waals surface area contributed by atoms with E-state index in [1.54, 1.807) is 0 Å². The molecular weight excluding hydrogens is 358 g/mol. The summed E-state index contributed by atoms with van der Waals surface area (Å²) in [5.74, 6) is 0.599. The van der Waals surface area contributed by atoms with Crippen molar-refractivity contribution in [2.45, 2.75) is 19.0 Å². The van der Waals surface area contributed by atoms with Crippen LogP contribution in [0.15, 0.2) is 48.5 Å². The summed E-state index contributed by atoms with van der Waals surface area (Å²) in [5, 5.41) is 14.9. The summed E-state index contributed by atoms with van der Waals surface area (Å²) in [6.45, 7) is 2.16. The van der Waals surface area contributed by atoms with Gasteiger partial charge < -0.3 is 16.0 Å². The number of aromatic nitrogens is 1. The second-order valence-electron chi connectivity index (χ2n) is 6.79. The van der Waals surface area contributed by atoms with Crippen molar-refractivity contribution in [3.8, 4) is 6.07 Å². The van der Waals surface area contributed by atoms with Crippen molar-refractivity contribution in [2.75, 3.05) is 23.3 Å². The number of benzene rings is 2. The Kier molecular flexibility index (Phi) is 4.85. The van der Waals surface area contributed by atoms with Gasteiger partial charge in [0.2, 0.25) is 0 Å². The van der Waals surface area contributed by atoms with E-state index in [1.807, 2.05) is 48.5 Å². The summed E-state index contributed by atoms with van der Waals surface area (Å²) in [5.41, 5.74) is 9.55. The zero-order chi connectivity index (χ0) is 18.8. The van der Waals surface area contributed by atoms with Crippen LogP contribution in [-0.4, -0.2) is 24.1 Å². The molecule has 2 aromatic carbocycles. The van der Waals surface area contributed by atoms with Gasteiger partial charge in [0.1, 0.15) is 17.5 Å². The SMILES string of the molecule is N#Cc1c(NCc2ccc(Cl)cc2)nc2ccccc2c1N1CCC(N)C1. The summed E-state index contributed by atoms with van der Waals surface area (Å²) >= 11 is 5.96. The van der Waals surface area contributed by atoms with E-state index in [2.05, 4.69) is 16.3 Å². The summed E-state index contributed by atoms with van der Waals surface area (Å²) in [7, 11) is 0. The fourth-order valence-electron chi connectivity index (χ4n) is 3.54. The van der Waals surface area contributed by atoms with Crippen LogP contribution in [0.1, 0.15) is 17.5 Å². The van der Waals surface area contributed by atoms with Crippen LogP contribution in [0, 0.1) is 11.3 Å². The lowest BCUT2D eigenvalue weighted by Crippen LogP contribution is -2.27. The van der Waals surface area contributed by atoms with E-state index in [9.17, 15) is 5.26 Å². The van der Waals surface area contributed by atoms with Crippen molar-refractivity contribution in [3.63, 3.8) is 0 Å². The van der Waals surface area contributed by atoms with E-state index in [0.29, 0.717) is 22.9 Å². The van der Waals surface area contributed by atoms with Gasteiger partial charge in [0, 0.05) is 36.1 Å². The van der Waals surface area contributed by atoms with Gasteiger partial charge in [0.15, 0.2) is 0 Å². The second kappa shape index (κ2) is 7.43. The molecule has 1 saturated heterocycles. The molecule has 4 rings (SSSR count). The lowest BCUT2D eigenvalue weighted by molar-refractivity contribution is 0.752. The van der Waals surface area contributed by atoms with Gasteiger partial charge in [-0.3, -0.25) is 0 Å². The molecule has 3 aromatic rings. The van der Waals surface area contributed by atoms with Gasteiger partial charge in [0.05, 0.1) is 11.2 Å². The van der Waals surface area contributed by atoms with Gasteiger partial charge in [-0.2, -0.15) is 5.26 Å². The minimum absolute atomic E-state index is 0.133. The molecule has 1 unspecified atom stereocenters. The summed E-state index contributed by atoms with van der Waals surface area (Å²) in [6, 6.07) is 18.1. The highest BCUT2D eigenvalue weighted by Crippen LogP contribution is 2.35. The van der Waals surface area contributed by atoms with Crippen molar-refractivity contribution in [3.05, 3.63) is 64.7 Å². The number of para-hydroxylation sites is 1. The van der Waals surface area contributed by atoms with Crippen LogP contribution in [0.4, 0.5) is 11.5 Å². The fraction of sp³-hybridized carbons (Fsp3) is 0.238. The lowest BCUT2D eigenvalue weighted by atomic mass is 10.1. The molecule has 3 N–H and O–H groups in total. The highest BCUT2D eigenvalue weighted by atomic mass is 35.5. The maximum absolute atomic E-state index is 9.91. The van der Waals surface area contributed by atoms with Crippen molar-refractivity contribution in [1.29, 1.82) is 5.26 Å². The molecule has 1 aliphatic rings. The van der Waals surface area contributed by atoms with Gasteiger partial charge in [-0.25, -0.2) is 4.98 Å². The molecule has 5 nitrogen and oxygen atoms in total. The Morgan fingerprint density at radius 3 is 2.70 bits per heavy atom. The summed E-state index contributed by atoms with van der Waals surface area (Å²) in [6.07, 6.45) is 0.926. The minimum atomic E-state index is 0.133. The first-order valence-corrected chi connectivity index (χ1v) is 9.35. The Morgan fingerprint density at radius 1 is 1.22 bits per heavy atom. The molecule has 27 heavy (non-hydrogen) atoms. The zero-order valence-corrected chi connectivity index (χ0v) is 15.6. The standard InChI is InChI=1S/C21H20ClN5/c22-15-7-5-14(6-8-15)12-25-21-18(11-23)20(27-10-9-16(24)13-27)17-3-1-2-4-19(17)26-21/h1-8,16H,9-10,12-13,24H2,(H,25,26). The molecule has 6 heteroatoms. The molecular formula is C21H20ClN5. The summed E-state index contributed by atoms with van der Waals surface area (Å²) < 4.78 is 0. The third-order valence-corrected chi connectivity index (χ3v) is 5.14. The third-order valence-electron chi connectivity index (χ3n) is 4.89. The maximum Gasteiger partial charge on any atom is 0.147 e. The molecule has 1 atom stereocenters. The first kappa shape index (κ1) is 17.6. The van der Waals surface area contributed by atoms with E-state index in [4.69, 9.17) is 22.3 Å². The van der Waals surface area contributed by atoms with Crippen LogP contribution < -0.4 is 16.0 Å². The molecule has 0 bridgehead atoms. The monoisotopic (exact) mass is 377 g/mol. The number of hydrogen-bond acceptors (Lipinski definition) is 5. The predicted octanol–water partition coefficient (Wildman–Crippen LogP) is 3.91. The zero-order valence-electron chi connectivity index (χ0n) is 14.8. The maximum atomic E-state index is 9.91. The number of rotatable bonds is 4. The molecule has 1 fully saturated rings. The average molecular weight is 378 g/mol. The van der Waals surface area contributed by atoms with Crippen LogP contribution in [0.3, 0.4) is 0 Å². The highest BCUT2D eigenvalue weighted by Gasteiger charge is 2.25. The van der Waals surface area contributed by atoms with Crippen LogP contribution in [0.25, 0.3) is 10.9 Å². The Balaban J connectivity index is 1.76. The third kappa shape index (κ3) is 3.55. The summed E-state index contributed by atoms with van der Waals surface area (Å²) in [4.78, 5) is 6.92. The molecule has 1 aliphatic heterocycles. The van der Waals surface area contributed by atoms with E-state index in [0.717, 1.165) is 41.7 Å². The molecule has 0 spiro atoms. The van der Waals surface area contributed by atoms with E-state index >= 15 is 0 Å². The number of hydrogen-bond donors (Lipinski definition) is 2. The van der Waals surface area contributed by atoms with Crippen LogP contribution in [0.5, 0.6) is 0 Å². The van der Waals surface area contributed by atoms with Gasteiger partial charge >= 0.3 is 0 Å². The first-order chi connectivity index (χ1) is 13.2.